The number of pyridine rings is 1. The van der Waals surface area contributed by atoms with E-state index in [1.54, 1.807) is 23.7 Å². The molecule has 0 atom stereocenters. The molecule has 0 aliphatic heterocycles. The number of nitrogens with zero attached hydrogens (tertiary/aromatic N) is 3. The molecule has 0 unspecified atom stereocenters. The number of hydrogen-bond acceptors (Lipinski definition) is 6. The molecular weight excluding hydrogens is 360 g/mol. The van der Waals surface area contributed by atoms with E-state index in [1.807, 2.05) is 43.5 Å². The van der Waals surface area contributed by atoms with Crippen molar-refractivity contribution in [3.8, 4) is 10.6 Å². The number of carbonyl (C=O) groups excluding carboxylic acids is 1. The molecule has 0 saturated carbocycles. The summed E-state index contributed by atoms with van der Waals surface area (Å²) >= 11 is 1.55. The number of fused-ring (bicyclic) bond motifs is 1. The molecule has 0 bridgehead atoms. The Hall–Kier alpha value is -3.06. The van der Waals surface area contributed by atoms with Crippen LogP contribution in [0.25, 0.3) is 21.5 Å². The zero-order valence-corrected chi connectivity index (χ0v) is 15.8. The van der Waals surface area contributed by atoms with Crippen LogP contribution in [0.1, 0.15) is 22.5 Å². The van der Waals surface area contributed by atoms with Crippen molar-refractivity contribution in [2.24, 2.45) is 0 Å². The Bertz CT molecular complexity index is 1100. The standard InChI is InChI=1S/C20H18N4O2S/c1-12-7-13(2)19-16(8-12)17(24-26-19)9-18(25)22-10-15-11-27-20(23-15)14-3-5-21-6-4-14/h3-8,11H,9-10H2,1-2H3,(H,22,25). The van der Waals surface area contributed by atoms with Crippen LogP contribution >= 0.6 is 11.3 Å². The number of amides is 1. The predicted octanol–water partition coefficient (Wildman–Crippen LogP) is 3.82. The third-order valence-electron chi connectivity index (χ3n) is 4.25. The lowest BCUT2D eigenvalue weighted by Gasteiger charge is -2.02. The van der Waals surface area contributed by atoms with E-state index in [1.165, 1.54) is 0 Å². The third-order valence-corrected chi connectivity index (χ3v) is 5.19. The van der Waals surface area contributed by atoms with Gasteiger partial charge in [0.15, 0.2) is 5.58 Å². The van der Waals surface area contributed by atoms with E-state index in [2.05, 4.69) is 20.4 Å². The molecule has 27 heavy (non-hydrogen) atoms. The lowest BCUT2D eigenvalue weighted by atomic mass is 10.1. The SMILES string of the molecule is Cc1cc(C)c2onc(CC(=O)NCc3csc(-c4ccncc4)n3)c2c1. The molecule has 0 spiro atoms. The Labute approximate surface area is 160 Å². The third kappa shape index (κ3) is 3.73. The van der Waals surface area contributed by atoms with E-state index in [4.69, 9.17) is 4.52 Å². The second kappa shape index (κ2) is 7.28. The number of benzene rings is 1. The fourth-order valence-electron chi connectivity index (χ4n) is 2.99. The first kappa shape index (κ1) is 17.4. The van der Waals surface area contributed by atoms with Crippen molar-refractivity contribution in [2.75, 3.05) is 0 Å². The van der Waals surface area contributed by atoms with Gasteiger partial charge < -0.3 is 9.84 Å². The Morgan fingerprint density at radius 3 is 2.85 bits per heavy atom. The molecule has 0 fully saturated rings. The Morgan fingerprint density at radius 1 is 1.22 bits per heavy atom. The van der Waals surface area contributed by atoms with Crippen LogP contribution in [0.5, 0.6) is 0 Å². The molecule has 3 aromatic heterocycles. The second-order valence-corrected chi connectivity index (χ2v) is 7.28. The van der Waals surface area contributed by atoms with Gasteiger partial charge in [0, 0.05) is 28.7 Å². The largest absolute Gasteiger partial charge is 0.356 e. The molecule has 136 valence electrons. The van der Waals surface area contributed by atoms with Gasteiger partial charge in [-0.15, -0.1) is 11.3 Å². The highest BCUT2D eigenvalue weighted by molar-refractivity contribution is 7.13. The molecule has 0 aliphatic carbocycles. The van der Waals surface area contributed by atoms with Gasteiger partial charge >= 0.3 is 0 Å². The molecule has 7 heteroatoms. The lowest BCUT2D eigenvalue weighted by molar-refractivity contribution is -0.120. The van der Waals surface area contributed by atoms with Crippen LogP contribution in [0.15, 0.2) is 46.6 Å². The molecule has 4 aromatic rings. The van der Waals surface area contributed by atoms with Gasteiger partial charge in [-0.3, -0.25) is 9.78 Å². The van der Waals surface area contributed by atoms with Crippen molar-refractivity contribution >= 4 is 28.2 Å². The number of aromatic nitrogens is 3. The van der Waals surface area contributed by atoms with Gasteiger partial charge in [-0.1, -0.05) is 11.2 Å². The van der Waals surface area contributed by atoms with Crippen LogP contribution in [-0.4, -0.2) is 21.0 Å². The summed E-state index contributed by atoms with van der Waals surface area (Å²) in [6, 6.07) is 7.88. The van der Waals surface area contributed by atoms with E-state index >= 15 is 0 Å². The molecule has 0 aliphatic rings. The minimum atomic E-state index is -0.108. The highest BCUT2D eigenvalue weighted by atomic mass is 32.1. The molecular formula is C20H18N4O2S. The van der Waals surface area contributed by atoms with Crippen molar-refractivity contribution in [1.29, 1.82) is 0 Å². The summed E-state index contributed by atoms with van der Waals surface area (Å²) in [5.41, 5.74) is 5.39. The Morgan fingerprint density at radius 2 is 2.04 bits per heavy atom. The number of rotatable bonds is 5. The molecule has 4 rings (SSSR count). The molecule has 3 heterocycles. The Kier molecular flexibility index (Phi) is 4.68. The monoisotopic (exact) mass is 378 g/mol. The normalized spacial score (nSPS) is 11.0. The van der Waals surface area contributed by atoms with Crippen molar-refractivity contribution in [2.45, 2.75) is 26.8 Å². The van der Waals surface area contributed by atoms with Crippen LogP contribution in [-0.2, 0) is 17.8 Å². The van der Waals surface area contributed by atoms with Gasteiger partial charge in [-0.25, -0.2) is 4.98 Å². The van der Waals surface area contributed by atoms with Gasteiger partial charge in [0.25, 0.3) is 0 Å². The van der Waals surface area contributed by atoms with Crippen LogP contribution < -0.4 is 5.32 Å². The minimum absolute atomic E-state index is 0.108. The van der Waals surface area contributed by atoms with Crippen LogP contribution in [0.3, 0.4) is 0 Å². The molecule has 0 saturated heterocycles. The zero-order chi connectivity index (χ0) is 18.8. The first-order chi connectivity index (χ1) is 13.1. The summed E-state index contributed by atoms with van der Waals surface area (Å²) in [7, 11) is 0. The zero-order valence-electron chi connectivity index (χ0n) is 15.0. The number of hydrogen-bond donors (Lipinski definition) is 1. The highest BCUT2D eigenvalue weighted by Crippen LogP contribution is 2.24. The first-order valence-corrected chi connectivity index (χ1v) is 9.45. The molecule has 0 radical (unpaired) electrons. The lowest BCUT2D eigenvalue weighted by Crippen LogP contribution is -2.24. The minimum Gasteiger partial charge on any atom is -0.356 e. The quantitative estimate of drug-likeness (QED) is 0.571. The maximum absolute atomic E-state index is 12.3. The van der Waals surface area contributed by atoms with Gasteiger partial charge in [0.2, 0.25) is 5.91 Å². The van der Waals surface area contributed by atoms with E-state index in [0.717, 1.165) is 38.4 Å². The molecule has 6 nitrogen and oxygen atoms in total. The summed E-state index contributed by atoms with van der Waals surface area (Å²) in [6.45, 7) is 4.38. The second-order valence-electron chi connectivity index (χ2n) is 6.42. The van der Waals surface area contributed by atoms with E-state index in [-0.39, 0.29) is 12.3 Å². The molecule has 1 amide bonds. The molecule has 1 N–H and O–H groups in total. The summed E-state index contributed by atoms with van der Waals surface area (Å²) in [4.78, 5) is 20.9. The number of thiazole rings is 1. The van der Waals surface area contributed by atoms with Crippen molar-refractivity contribution in [3.63, 3.8) is 0 Å². The summed E-state index contributed by atoms with van der Waals surface area (Å²) < 4.78 is 5.41. The van der Waals surface area contributed by atoms with E-state index in [0.29, 0.717) is 12.2 Å². The summed E-state index contributed by atoms with van der Waals surface area (Å²) in [5.74, 6) is -0.108. The summed E-state index contributed by atoms with van der Waals surface area (Å²) in [5, 5.41) is 10.8. The summed E-state index contributed by atoms with van der Waals surface area (Å²) in [6.07, 6.45) is 3.66. The fraction of sp³-hybridized carbons (Fsp3) is 0.200. The van der Waals surface area contributed by atoms with Crippen molar-refractivity contribution < 1.29 is 9.32 Å². The fourth-order valence-corrected chi connectivity index (χ4v) is 3.81. The number of nitrogens with one attached hydrogen (secondary N) is 1. The maximum Gasteiger partial charge on any atom is 0.226 e. The smallest absolute Gasteiger partial charge is 0.226 e. The average molecular weight is 378 g/mol. The highest BCUT2D eigenvalue weighted by Gasteiger charge is 2.15. The predicted molar refractivity (Wildman–Crippen MR) is 104 cm³/mol. The van der Waals surface area contributed by atoms with Crippen molar-refractivity contribution in [3.05, 3.63) is 64.6 Å². The molecule has 1 aromatic carbocycles. The van der Waals surface area contributed by atoms with Gasteiger partial charge in [-0.05, 0) is 43.2 Å². The first-order valence-electron chi connectivity index (χ1n) is 8.57. The van der Waals surface area contributed by atoms with Crippen LogP contribution in [0.4, 0.5) is 0 Å². The Balaban J connectivity index is 1.41. The van der Waals surface area contributed by atoms with Crippen LogP contribution in [0, 0.1) is 13.8 Å². The van der Waals surface area contributed by atoms with Gasteiger partial charge in [0.05, 0.1) is 18.7 Å². The van der Waals surface area contributed by atoms with Gasteiger partial charge in [-0.2, -0.15) is 0 Å². The van der Waals surface area contributed by atoms with E-state index in [9.17, 15) is 4.79 Å². The number of aryl methyl sites for hydroxylation is 2. The topological polar surface area (TPSA) is 80.9 Å². The van der Waals surface area contributed by atoms with Crippen molar-refractivity contribution in [1.82, 2.24) is 20.4 Å². The maximum atomic E-state index is 12.3. The van der Waals surface area contributed by atoms with Gasteiger partial charge in [0.1, 0.15) is 10.7 Å². The van der Waals surface area contributed by atoms with E-state index < -0.39 is 0 Å². The van der Waals surface area contributed by atoms with Crippen LogP contribution in [0.2, 0.25) is 0 Å². The number of carbonyl (C=O) groups is 1. The average Bonchev–Trinajstić information content (AvgIpc) is 3.29.